The molecule has 2 aliphatic rings. The maximum atomic E-state index is 14.1. The Kier molecular flexibility index (Phi) is 8.72. The molecule has 3 aromatic rings. The summed E-state index contributed by atoms with van der Waals surface area (Å²) in [7, 11) is 3.24. The molecule has 0 aromatic carbocycles. The highest BCUT2D eigenvalue weighted by Crippen LogP contribution is 2.43. The first-order valence-corrected chi connectivity index (χ1v) is 14.9. The van der Waals surface area contributed by atoms with Crippen LogP contribution in [0.4, 0.5) is 27.6 Å². The minimum Gasteiger partial charge on any atom is -0.480 e. The first-order valence-electron chi connectivity index (χ1n) is 14.9. The van der Waals surface area contributed by atoms with E-state index < -0.39 is 72.6 Å². The van der Waals surface area contributed by atoms with Crippen molar-refractivity contribution < 1.29 is 41.4 Å². The van der Waals surface area contributed by atoms with Crippen LogP contribution < -0.4 is 15.5 Å². The van der Waals surface area contributed by atoms with Gasteiger partial charge in [0.25, 0.3) is 5.91 Å². The number of nitrogens with one attached hydrogen (secondary N) is 2. The van der Waals surface area contributed by atoms with E-state index in [1.54, 1.807) is 25.1 Å². The van der Waals surface area contributed by atoms with E-state index in [4.69, 9.17) is 0 Å². The van der Waals surface area contributed by atoms with Crippen LogP contribution in [0, 0.1) is 17.3 Å². The molecule has 0 radical (unpaired) electrons. The molecule has 4 heterocycles. The number of carbonyl (C=O) groups is 3. The number of imidazole rings is 1. The molecule has 17 heteroatoms. The zero-order valence-electron chi connectivity index (χ0n) is 25.4. The average molecular weight is 655 g/mol. The number of aryl methyl sites for hydroxylation is 1. The molecular weight excluding hydrogens is 619 g/mol. The average Bonchev–Trinajstić information content (AvgIpc) is 3.63. The number of amides is 2. The number of hydrogen-bond donors (Lipinski definition) is 3. The second-order valence-corrected chi connectivity index (χ2v) is 12.2. The molecule has 0 bridgehead atoms. The summed E-state index contributed by atoms with van der Waals surface area (Å²) in [5.41, 5.74) is -1.26. The molecule has 3 aromatic heterocycles. The Balaban J connectivity index is 1.54. The molecule has 1 unspecified atom stereocenters. The van der Waals surface area contributed by atoms with Crippen molar-refractivity contribution in [2.75, 3.05) is 25.5 Å². The highest BCUT2D eigenvalue weighted by atomic mass is 19.4. The summed E-state index contributed by atoms with van der Waals surface area (Å²) in [6, 6.07) is 2.27. The van der Waals surface area contributed by atoms with Crippen LogP contribution in [-0.2, 0) is 22.6 Å². The van der Waals surface area contributed by atoms with Gasteiger partial charge in [-0.3, -0.25) is 19.1 Å². The first-order chi connectivity index (χ1) is 21.5. The summed E-state index contributed by atoms with van der Waals surface area (Å²) < 4.78 is 72.0. The molecule has 2 fully saturated rings. The highest BCUT2D eigenvalue weighted by molar-refractivity contribution is 6.03. The number of halogens is 5. The zero-order chi connectivity index (χ0) is 33.6. The van der Waals surface area contributed by atoms with E-state index in [2.05, 4.69) is 25.8 Å². The van der Waals surface area contributed by atoms with Crippen LogP contribution in [0.2, 0.25) is 0 Å². The number of aromatic nitrogens is 5. The van der Waals surface area contributed by atoms with Gasteiger partial charge in [-0.05, 0) is 38.2 Å². The van der Waals surface area contributed by atoms with E-state index in [-0.39, 0.29) is 42.7 Å². The topological polar surface area (TPSA) is 147 Å². The third-order valence-corrected chi connectivity index (χ3v) is 8.97. The largest absolute Gasteiger partial charge is 0.480 e. The number of carboxylic acids is 1. The normalized spacial score (nSPS) is 22.8. The summed E-state index contributed by atoms with van der Waals surface area (Å²) in [6.07, 6.45) is -3.90. The molecule has 46 heavy (non-hydrogen) atoms. The van der Waals surface area contributed by atoms with E-state index >= 15 is 0 Å². The Bertz CT molecular complexity index is 1630. The van der Waals surface area contributed by atoms with Crippen molar-refractivity contribution in [3.8, 4) is 0 Å². The summed E-state index contributed by atoms with van der Waals surface area (Å²) in [5.74, 6) is -8.52. The van der Waals surface area contributed by atoms with Crippen LogP contribution in [0.3, 0.4) is 0 Å². The lowest BCUT2D eigenvalue weighted by Crippen LogP contribution is -2.57. The van der Waals surface area contributed by atoms with Gasteiger partial charge in [0, 0.05) is 58.7 Å². The molecule has 250 valence electrons. The third kappa shape index (κ3) is 6.35. The number of rotatable bonds is 9. The van der Waals surface area contributed by atoms with Gasteiger partial charge in [0.1, 0.15) is 5.69 Å². The van der Waals surface area contributed by atoms with Gasteiger partial charge in [-0.15, -0.1) is 0 Å². The fourth-order valence-corrected chi connectivity index (χ4v) is 6.35. The van der Waals surface area contributed by atoms with Crippen molar-refractivity contribution in [3.63, 3.8) is 0 Å². The van der Waals surface area contributed by atoms with Crippen LogP contribution >= 0.6 is 0 Å². The number of nitrogens with zero attached hydrogens (tertiary/aromatic N) is 6. The molecule has 5 rings (SSSR count). The van der Waals surface area contributed by atoms with Gasteiger partial charge in [0.2, 0.25) is 11.8 Å². The Morgan fingerprint density at radius 3 is 2.54 bits per heavy atom. The number of carboxylic acid groups (broad SMARTS) is 1. The van der Waals surface area contributed by atoms with Crippen molar-refractivity contribution >= 4 is 29.1 Å². The molecule has 0 spiro atoms. The standard InChI is InChI=1S/C29H35F5N8O4/c1-4-41-20(7-10-36-41)24(43)38-23(16-5-8-28(30,31)9-6-16)19-15-42-22(37-19)11-21(40(2)3)18(39-42)13-27(26(45)46)12-17(29(32,33)34)14-35-25(27)44/h7,10-11,15-17,23H,4-6,8-9,12-14H2,1-3H3,(H,35,44)(H,38,43)(H,45,46)/t17-,23+,27?/m1/s1. The SMILES string of the molecule is CCn1nccc1C(=O)N[C@H](c1cn2nc(CC3(C(=O)O)C[C@@H](C(F)(F)F)CNC3=O)c(N(C)C)cc2n1)C1CCC(F)(F)CC1. The van der Waals surface area contributed by atoms with Crippen LogP contribution in [0.5, 0.6) is 0 Å². The number of hydrogen-bond acceptors (Lipinski definition) is 7. The number of fused-ring (bicyclic) bond motifs is 1. The Morgan fingerprint density at radius 2 is 1.93 bits per heavy atom. The quantitative estimate of drug-likeness (QED) is 0.234. The highest BCUT2D eigenvalue weighted by Gasteiger charge is 2.56. The van der Waals surface area contributed by atoms with E-state index in [1.165, 1.54) is 27.7 Å². The lowest BCUT2D eigenvalue weighted by atomic mass is 9.72. The second kappa shape index (κ2) is 12.1. The van der Waals surface area contributed by atoms with Crippen molar-refractivity contribution in [2.24, 2.45) is 17.3 Å². The molecule has 1 saturated carbocycles. The fraction of sp³-hybridized carbons (Fsp3) is 0.586. The summed E-state index contributed by atoms with van der Waals surface area (Å²) in [4.78, 5) is 45.0. The van der Waals surface area contributed by atoms with E-state index in [1.807, 2.05) is 6.92 Å². The maximum Gasteiger partial charge on any atom is 0.393 e. The van der Waals surface area contributed by atoms with E-state index in [9.17, 15) is 41.4 Å². The van der Waals surface area contributed by atoms with Gasteiger partial charge in [-0.2, -0.15) is 23.4 Å². The smallest absolute Gasteiger partial charge is 0.393 e. The van der Waals surface area contributed by atoms with Gasteiger partial charge in [-0.25, -0.2) is 18.3 Å². The van der Waals surface area contributed by atoms with Crippen LogP contribution in [0.1, 0.15) is 66.9 Å². The third-order valence-electron chi connectivity index (χ3n) is 8.97. The minimum absolute atomic E-state index is 0.0339. The molecule has 2 amide bonds. The Morgan fingerprint density at radius 1 is 1.24 bits per heavy atom. The Hall–Kier alpha value is -4.31. The predicted octanol–water partition coefficient (Wildman–Crippen LogP) is 3.62. The van der Waals surface area contributed by atoms with E-state index in [0.717, 1.165) is 0 Å². The molecular formula is C29H35F5N8O4. The minimum atomic E-state index is -4.73. The first kappa shape index (κ1) is 33.1. The van der Waals surface area contributed by atoms with Gasteiger partial charge in [0.05, 0.1) is 35.2 Å². The lowest BCUT2D eigenvalue weighted by Gasteiger charge is -2.37. The van der Waals surface area contributed by atoms with Crippen molar-refractivity contribution in [1.29, 1.82) is 0 Å². The number of aliphatic carboxylic acids is 1. The number of carbonyl (C=O) groups excluding carboxylic acids is 2. The Labute approximate surface area is 260 Å². The van der Waals surface area contributed by atoms with Gasteiger partial charge >= 0.3 is 12.1 Å². The number of alkyl halides is 5. The van der Waals surface area contributed by atoms with Gasteiger partial charge in [0.15, 0.2) is 11.1 Å². The number of piperidine rings is 1. The summed E-state index contributed by atoms with van der Waals surface area (Å²) >= 11 is 0. The molecule has 1 saturated heterocycles. The predicted molar refractivity (Wildman–Crippen MR) is 153 cm³/mol. The molecule has 3 atom stereocenters. The van der Waals surface area contributed by atoms with Crippen molar-refractivity contribution in [3.05, 3.63) is 41.6 Å². The van der Waals surface area contributed by atoms with Gasteiger partial charge in [-0.1, -0.05) is 0 Å². The fourth-order valence-electron chi connectivity index (χ4n) is 6.35. The van der Waals surface area contributed by atoms with Crippen molar-refractivity contribution in [2.45, 2.75) is 70.1 Å². The molecule has 3 N–H and O–H groups in total. The number of anilines is 1. The van der Waals surface area contributed by atoms with Crippen LogP contribution in [-0.4, -0.2) is 80.0 Å². The summed E-state index contributed by atoms with van der Waals surface area (Å²) in [6.45, 7) is 1.51. The lowest BCUT2D eigenvalue weighted by molar-refractivity contribution is -0.194. The second-order valence-electron chi connectivity index (χ2n) is 12.2. The van der Waals surface area contributed by atoms with Crippen LogP contribution in [0.25, 0.3) is 5.65 Å². The molecule has 1 aliphatic heterocycles. The maximum absolute atomic E-state index is 14.1. The molecule has 1 aliphatic carbocycles. The van der Waals surface area contributed by atoms with Gasteiger partial charge < -0.3 is 20.6 Å². The monoisotopic (exact) mass is 654 g/mol. The molecule has 12 nitrogen and oxygen atoms in total. The van der Waals surface area contributed by atoms with Crippen molar-refractivity contribution in [1.82, 2.24) is 35.0 Å². The summed E-state index contributed by atoms with van der Waals surface area (Å²) in [5, 5.41) is 23.8. The van der Waals surface area contributed by atoms with E-state index in [0.29, 0.717) is 17.9 Å². The zero-order valence-corrected chi connectivity index (χ0v) is 25.4. The van der Waals surface area contributed by atoms with Crippen LogP contribution in [0.15, 0.2) is 24.5 Å².